The topological polar surface area (TPSA) is 75.3 Å². The van der Waals surface area contributed by atoms with Crippen molar-refractivity contribution in [3.05, 3.63) is 46.8 Å². The highest BCUT2D eigenvalue weighted by Gasteiger charge is 2.16. The molecule has 2 aromatic rings. The van der Waals surface area contributed by atoms with Gasteiger partial charge in [-0.3, -0.25) is 9.52 Å². The van der Waals surface area contributed by atoms with Gasteiger partial charge in [-0.15, -0.1) is 11.3 Å². The van der Waals surface area contributed by atoms with Gasteiger partial charge in [0.05, 0.1) is 6.42 Å². The van der Waals surface area contributed by atoms with Crippen LogP contribution in [-0.2, 0) is 21.2 Å². The van der Waals surface area contributed by atoms with E-state index in [9.17, 15) is 13.2 Å². The summed E-state index contributed by atoms with van der Waals surface area (Å²) < 4.78 is 27.1. The first-order valence-corrected chi connectivity index (χ1v) is 8.59. The van der Waals surface area contributed by atoms with Gasteiger partial charge in [-0.2, -0.15) is 0 Å². The molecule has 0 fully saturated rings. The van der Waals surface area contributed by atoms with Crippen molar-refractivity contribution in [2.75, 3.05) is 11.8 Å². The Morgan fingerprint density at radius 2 is 1.81 bits per heavy atom. The number of sulfonamides is 1. The Kier molecular flexibility index (Phi) is 4.64. The zero-order chi connectivity index (χ0) is 15.5. The van der Waals surface area contributed by atoms with Crippen molar-refractivity contribution in [1.29, 1.82) is 0 Å². The fourth-order valence-corrected chi connectivity index (χ4v) is 4.07. The molecule has 0 radical (unpaired) electrons. The summed E-state index contributed by atoms with van der Waals surface area (Å²) in [5.74, 6) is -0.0857. The van der Waals surface area contributed by atoms with Crippen molar-refractivity contribution in [3.8, 4) is 0 Å². The van der Waals surface area contributed by atoms with Gasteiger partial charge >= 0.3 is 0 Å². The zero-order valence-electron chi connectivity index (χ0n) is 11.7. The van der Waals surface area contributed by atoms with E-state index in [0.717, 1.165) is 10.4 Å². The number of amides is 1. The van der Waals surface area contributed by atoms with Gasteiger partial charge in [0.2, 0.25) is 5.91 Å². The number of hydrogen-bond donors (Lipinski definition) is 2. The first-order valence-electron chi connectivity index (χ1n) is 6.29. The summed E-state index contributed by atoms with van der Waals surface area (Å²) in [5.41, 5.74) is 1.30. The molecule has 1 aromatic heterocycles. The van der Waals surface area contributed by atoms with Crippen LogP contribution in [0.1, 0.15) is 10.4 Å². The van der Waals surface area contributed by atoms with E-state index in [1.54, 1.807) is 43.4 Å². The van der Waals surface area contributed by atoms with Crippen LogP contribution in [0.15, 0.2) is 40.6 Å². The molecule has 0 aliphatic rings. The summed E-state index contributed by atoms with van der Waals surface area (Å²) in [7, 11) is -1.97. The Morgan fingerprint density at radius 1 is 1.14 bits per heavy atom. The highest BCUT2D eigenvalue weighted by Crippen LogP contribution is 2.23. The molecule has 0 aliphatic carbocycles. The van der Waals surface area contributed by atoms with E-state index in [4.69, 9.17) is 0 Å². The van der Waals surface area contributed by atoms with Crippen LogP contribution in [0.2, 0.25) is 0 Å². The van der Waals surface area contributed by atoms with Crippen LogP contribution in [0, 0.1) is 6.92 Å². The third-order valence-electron chi connectivity index (χ3n) is 2.83. The van der Waals surface area contributed by atoms with Crippen molar-refractivity contribution in [1.82, 2.24) is 5.32 Å². The Balaban J connectivity index is 2.11. The monoisotopic (exact) mass is 324 g/mol. The standard InChI is InChI=1S/C14H16N2O3S2/c1-10-3-8-14(20-10)21(18,19)16-12-6-4-11(5-7-12)9-13(17)15-2/h3-8,16H,9H2,1-2H3,(H,15,17). The third-order valence-corrected chi connectivity index (χ3v) is 5.70. The van der Waals surface area contributed by atoms with E-state index in [1.807, 2.05) is 6.92 Å². The second kappa shape index (κ2) is 6.28. The number of anilines is 1. The predicted octanol–water partition coefficient (Wildman–Crippen LogP) is 2.15. The van der Waals surface area contributed by atoms with E-state index < -0.39 is 10.0 Å². The Labute approximate surface area is 128 Å². The van der Waals surface area contributed by atoms with Gasteiger partial charge < -0.3 is 5.32 Å². The fourth-order valence-electron chi connectivity index (χ4n) is 1.73. The minimum Gasteiger partial charge on any atom is -0.359 e. The first-order chi connectivity index (χ1) is 9.90. The number of likely N-dealkylation sites (N-methyl/N-ethyl adjacent to an activating group) is 1. The molecule has 0 saturated heterocycles. The van der Waals surface area contributed by atoms with E-state index in [-0.39, 0.29) is 16.5 Å². The summed E-state index contributed by atoms with van der Waals surface area (Å²) in [6, 6.07) is 10.1. The van der Waals surface area contributed by atoms with Crippen molar-refractivity contribution in [2.45, 2.75) is 17.6 Å². The molecule has 7 heteroatoms. The quantitative estimate of drug-likeness (QED) is 0.885. The minimum atomic E-state index is -3.54. The molecule has 21 heavy (non-hydrogen) atoms. The lowest BCUT2D eigenvalue weighted by atomic mass is 10.1. The average Bonchev–Trinajstić information content (AvgIpc) is 2.88. The normalized spacial score (nSPS) is 11.1. The number of thiophene rings is 1. The van der Waals surface area contributed by atoms with Crippen LogP contribution in [0.3, 0.4) is 0 Å². The zero-order valence-corrected chi connectivity index (χ0v) is 13.3. The SMILES string of the molecule is CNC(=O)Cc1ccc(NS(=O)(=O)c2ccc(C)s2)cc1. The summed E-state index contributed by atoms with van der Waals surface area (Å²) >= 11 is 1.23. The average molecular weight is 324 g/mol. The molecular weight excluding hydrogens is 308 g/mol. The van der Waals surface area contributed by atoms with Crippen molar-refractivity contribution in [3.63, 3.8) is 0 Å². The molecule has 0 atom stereocenters. The van der Waals surface area contributed by atoms with Gasteiger partial charge in [0.15, 0.2) is 0 Å². The molecule has 1 heterocycles. The molecule has 0 aliphatic heterocycles. The van der Waals surface area contributed by atoms with Crippen LogP contribution in [0.4, 0.5) is 5.69 Å². The summed E-state index contributed by atoms with van der Waals surface area (Å²) in [5, 5.41) is 2.54. The fraction of sp³-hybridized carbons (Fsp3) is 0.214. The van der Waals surface area contributed by atoms with Gasteiger partial charge in [-0.1, -0.05) is 12.1 Å². The van der Waals surface area contributed by atoms with Crippen molar-refractivity contribution in [2.24, 2.45) is 0 Å². The Hall–Kier alpha value is -1.86. The summed E-state index contributed by atoms with van der Waals surface area (Å²) in [6.07, 6.45) is 0.271. The lowest BCUT2D eigenvalue weighted by Crippen LogP contribution is -2.19. The number of carbonyl (C=O) groups excluding carboxylic acids is 1. The molecule has 0 spiro atoms. The minimum absolute atomic E-state index is 0.0857. The maximum absolute atomic E-state index is 12.2. The number of nitrogens with one attached hydrogen (secondary N) is 2. The number of aryl methyl sites for hydroxylation is 1. The van der Waals surface area contributed by atoms with E-state index in [0.29, 0.717) is 5.69 Å². The maximum atomic E-state index is 12.2. The van der Waals surface area contributed by atoms with E-state index >= 15 is 0 Å². The van der Waals surface area contributed by atoms with E-state index in [1.165, 1.54) is 11.3 Å². The second-order valence-electron chi connectivity index (χ2n) is 4.52. The highest BCUT2D eigenvalue weighted by atomic mass is 32.2. The smallest absolute Gasteiger partial charge is 0.271 e. The number of carbonyl (C=O) groups is 1. The van der Waals surface area contributed by atoms with Crippen LogP contribution in [0.5, 0.6) is 0 Å². The molecule has 5 nitrogen and oxygen atoms in total. The van der Waals surface area contributed by atoms with Crippen LogP contribution < -0.4 is 10.0 Å². The van der Waals surface area contributed by atoms with E-state index in [2.05, 4.69) is 10.0 Å². The van der Waals surface area contributed by atoms with Crippen LogP contribution >= 0.6 is 11.3 Å². The largest absolute Gasteiger partial charge is 0.359 e. The first kappa shape index (κ1) is 15.5. The summed E-state index contributed by atoms with van der Waals surface area (Å²) in [6.45, 7) is 1.86. The van der Waals surface area contributed by atoms with Crippen molar-refractivity contribution < 1.29 is 13.2 Å². The van der Waals surface area contributed by atoms with Gasteiger partial charge in [0, 0.05) is 17.6 Å². The lowest BCUT2D eigenvalue weighted by molar-refractivity contribution is -0.119. The van der Waals surface area contributed by atoms with Gasteiger partial charge in [0.25, 0.3) is 10.0 Å². The molecule has 2 rings (SSSR count). The highest BCUT2D eigenvalue weighted by molar-refractivity contribution is 7.94. The molecule has 0 unspecified atom stereocenters. The molecule has 112 valence electrons. The second-order valence-corrected chi connectivity index (χ2v) is 7.71. The number of benzene rings is 1. The Morgan fingerprint density at radius 3 is 2.33 bits per heavy atom. The molecule has 2 N–H and O–H groups in total. The molecular formula is C14H16N2O3S2. The van der Waals surface area contributed by atoms with Crippen LogP contribution in [0.25, 0.3) is 0 Å². The third kappa shape index (κ3) is 4.05. The maximum Gasteiger partial charge on any atom is 0.271 e. The number of rotatable bonds is 5. The predicted molar refractivity (Wildman–Crippen MR) is 84.1 cm³/mol. The lowest BCUT2D eigenvalue weighted by Gasteiger charge is -2.07. The Bertz CT molecular complexity index is 734. The molecule has 1 amide bonds. The van der Waals surface area contributed by atoms with Gasteiger partial charge in [0.1, 0.15) is 4.21 Å². The van der Waals surface area contributed by atoms with Gasteiger partial charge in [-0.05, 0) is 36.8 Å². The van der Waals surface area contributed by atoms with Crippen molar-refractivity contribution >= 4 is 33.0 Å². The molecule has 0 bridgehead atoms. The summed E-state index contributed by atoms with van der Waals surface area (Å²) in [4.78, 5) is 12.2. The van der Waals surface area contributed by atoms with Crippen LogP contribution in [-0.4, -0.2) is 21.4 Å². The molecule has 0 saturated carbocycles. The number of hydrogen-bond acceptors (Lipinski definition) is 4. The van der Waals surface area contributed by atoms with Gasteiger partial charge in [-0.25, -0.2) is 8.42 Å². The molecule has 1 aromatic carbocycles.